The maximum Gasteiger partial charge on any atom is 0.340 e. The number of ether oxygens (including phenoxy) is 3. The van der Waals surface area contributed by atoms with E-state index in [4.69, 9.17) is 20.1 Å². The number of pyridine rings is 2. The number of nitrogens with zero attached hydrogens (tertiary/aromatic N) is 2. The molecule has 0 aliphatic carbocycles. The van der Waals surface area contributed by atoms with Crippen LogP contribution >= 0.6 is 0 Å². The largest absolute Gasteiger partial charge is 0.481 e. The van der Waals surface area contributed by atoms with Gasteiger partial charge in [-0.25, -0.2) is 20.6 Å². The minimum Gasteiger partial charge on any atom is -0.481 e. The summed E-state index contributed by atoms with van der Waals surface area (Å²) in [5.41, 5.74) is 2.47. The van der Waals surface area contributed by atoms with Crippen molar-refractivity contribution in [1.82, 2.24) is 15.4 Å². The standard InChI is InChI=1S/C15H16N4O5/c1-22-10-6-4-8(14(20)19-16)12(17-10)13-9(15(21)24-3)5-7-11(18-13)23-2/h4-7H,16H2,1-3H3,(H,19,20). The number of nitrogens with one attached hydrogen (secondary N) is 1. The molecule has 9 nitrogen and oxygen atoms in total. The van der Waals surface area contributed by atoms with E-state index in [2.05, 4.69) is 9.97 Å². The monoisotopic (exact) mass is 332 g/mol. The first-order valence-corrected chi connectivity index (χ1v) is 6.75. The fourth-order valence-corrected chi connectivity index (χ4v) is 2.01. The Hall–Kier alpha value is -3.20. The van der Waals surface area contributed by atoms with E-state index < -0.39 is 11.9 Å². The predicted molar refractivity (Wildman–Crippen MR) is 83.6 cm³/mol. The Morgan fingerprint density at radius 3 is 1.88 bits per heavy atom. The topological polar surface area (TPSA) is 126 Å². The molecule has 126 valence electrons. The lowest BCUT2D eigenvalue weighted by Crippen LogP contribution is -2.30. The lowest BCUT2D eigenvalue weighted by molar-refractivity contribution is 0.0600. The minimum absolute atomic E-state index is 0.108. The molecule has 0 radical (unpaired) electrons. The van der Waals surface area contributed by atoms with Crippen molar-refractivity contribution in [1.29, 1.82) is 0 Å². The van der Waals surface area contributed by atoms with E-state index in [0.717, 1.165) is 0 Å². The highest BCUT2D eigenvalue weighted by Crippen LogP contribution is 2.28. The number of hydrazine groups is 1. The number of aromatic nitrogens is 2. The smallest absolute Gasteiger partial charge is 0.340 e. The number of hydrogen-bond acceptors (Lipinski definition) is 8. The number of nitrogen functional groups attached to an aromatic ring is 1. The van der Waals surface area contributed by atoms with E-state index in [1.165, 1.54) is 45.6 Å². The zero-order valence-corrected chi connectivity index (χ0v) is 13.3. The third kappa shape index (κ3) is 3.25. The molecule has 0 aliphatic heterocycles. The van der Waals surface area contributed by atoms with Crippen LogP contribution in [0.1, 0.15) is 20.7 Å². The van der Waals surface area contributed by atoms with Gasteiger partial charge in [-0.15, -0.1) is 0 Å². The molecule has 2 heterocycles. The molecule has 0 atom stereocenters. The molecule has 9 heteroatoms. The van der Waals surface area contributed by atoms with Crippen LogP contribution in [0.5, 0.6) is 11.8 Å². The summed E-state index contributed by atoms with van der Waals surface area (Å²) in [4.78, 5) is 32.5. The highest BCUT2D eigenvalue weighted by Gasteiger charge is 2.23. The summed E-state index contributed by atoms with van der Waals surface area (Å²) in [6, 6.07) is 5.93. The summed E-state index contributed by atoms with van der Waals surface area (Å²) in [6.07, 6.45) is 0. The molecule has 0 saturated heterocycles. The van der Waals surface area contributed by atoms with Crippen LogP contribution in [0.4, 0.5) is 0 Å². The highest BCUT2D eigenvalue weighted by molar-refractivity contribution is 6.03. The summed E-state index contributed by atoms with van der Waals surface area (Å²) >= 11 is 0. The zero-order valence-electron chi connectivity index (χ0n) is 13.3. The molecule has 24 heavy (non-hydrogen) atoms. The summed E-state index contributed by atoms with van der Waals surface area (Å²) in [7, 11) is 4.09. The molecule has 1 amide bonds. The maximum atomic E-state index is 12.0. The van der Waals surface area contributed by atoms with Crippen molar-refractivity contribution in [2.45, 2.75) is 0 Å². The van der Waals surface area contributed by atoms with E-state index in [1.54, 1.807) is 0 Å². The summed E-state index contributed by atoms with van der Waals surface area (Å²) in [5, 5.41) is 0. The van der Waals surface area contributed by atoms with Crippen LogP contribution in [-0.4, -0.2) is 43.2 Å². The van der Waals surface area contributed by atoms with Gasteiger partial charge < -0.3 is 14.2 Å². The summed E-state index contributed by atoms with van der Waals surface area (Å²) in [6.45, 7) is 0. The number of amides is 1. The number of rotatable bonds is 5. The second-order valence-corrected chi connectivity index (χ2v) is 4.46. The van der Waals surface area contributed by atoms with Crippen LogP contribution < -0.4 is 20.7 Å². The van der Waals surface area contributed by atoms with Gasteiger partial charge in [0.1, 0.15) is 11.4 Å². The van der Waals surface area contributed by atoms with Gasteiger partial charge in [-0.2, -0.15) is 0 Å². The van der Waals surface area contributed by atoms with E-state index in [9.17, 15) is 9.59 Å². The van der Waals surface area contributed by atoms with Gasteiger partial charge in [0.05, 0.1) is 32.5 Å². The van der Waals surface area contributed by atoms with Crippen molar-refractivity contribution in [2.75, 3.05) is 21.3 Å². The molecule has 0 fully saturated rings. The molecule has 0 bridgehead atoms. The van der Waals surface area contributed by atoms with Crippen LogP contribution in [0.15, 0.2) is 24.3 Å². The SMILES string of the molecule is COC(=O)c1ccc(OC)nc1-c1nc(OC)ccc1C(=O)NN. The average Bonchev–Trinajstić information content (AvgIpc) is 2.65. The van der Waals surface area contributed by atoms with Crippen LogP contribution in [0.2, 0.25) is 0 Å². The number of hydrogen-bond donors (Lipinski definition) is 2. The van der Waals surface area contributed by atoms with Crippen molar-refractivity contribution in [3.8, 4) is 23.1 Å². The van der Waals surface area contributed by atoms with E-state index in [-0.39, 0.29) is 34.3 Å². The van der Waals surface area contributed by atoms with Crippen LogP contribution in [-0.2, 0) is 4.74 Å². The van der Waals surface area contributed by atoms with Gasteiger partial charge in [-0.05, 0) is 12.1 Å². The Morgan fingerprint density at radius 1 is 0.917 bits per heavy atom. The highest BCUT2D eigenvalue weighted by atomic mass is 16.5. The van der Waals surface area contributed by atoms with Crippen molar-refractivity contribution in [3.63, 3.8) is 0 Å². The molecule has 2 aromatic heterocycles. The van der Waals surface area contributed by atoms with Gasteiger partial charge in [0.15, 0.2) is 0 Å². The number of nitrogens with two attached hydrogens (primary N) is 1. The van der Waals surface area contributed by atoms with E-state index in [0.29, 0.717) is 0 Å². The third-order valence-corrected chi connectivity index (χ3v) is 3.16. The van der Waals surface area contributed by atoms with Gasteiger partial charge in [0.2, 0.25) is 11.8 Å². The van der Waals surface area contributed by atoms with Crippen LogP contribution in [0, 0.1) is 0 Å². The Bertz CT molecular complexity index is 713. The van der Waals surface area contributed by atoms with Crippen molar-refractivity contribution in [3.05, 3.63) is 35.4 Å². The predicted octanol–water partition coefficient (Wildman–Crippen LogP) is 0.551. The Labute approximate surface area is 137 Å². The first-order chi connectivity index (χ1) is 11.5. The van der Waals surface area contributed by atoms with Gasteiger partial charge in [-0.1, -0.05) is 0 Å². The number of methoxy groups -OCH3 is 3. The second-order valence-electron chi connectivity index (χ2n) is 4.46. The van der Waals surface area contributed by atoms with Gasteiger partial charge >= 0.3 is 5.97 Å². The lowest BCUT2D eigenvalue weighted by atomic mass is 10.1. The van der Waals surface area contributed by atoms with E-state index >= 15 is 0 Å². The van der Waals surface area contributed by atoms with Gasteiger partial charge in [0.25, 0.3) is 5.91 Å². The molecule has 2 aromatic rings. The summed E-state index contributed by atoms with van der Waals surface area (Å²) < 4.78 is 14.9. The molecular formula is C15H16N4O5. The third-order valence-electron chi connectivity index (χ3n) is 3.16. The van der Waals surface area contributed by atoms with Crippen molar-refractivity contribution >= 4 is 11.9 Å². The molecule has 0 aliphatic rings. The fourth-order valence-electron chi connectivity index (χ4n) is 2.01. The normalized spacial score (nSPS) is 10.0. The zero-order chi connectivity index (χ0) is 17.7. The van der Waals surface area contributed by atoms with Crippen molar-refractivity contribution < 1.29 is 23.8 Å². The second kappa shape index (κ2) is 7.38. The van der Waals surface area contributed by atoms with Gasteiger partial charge in [-0.3, -0.25) is 10.2 Å². The van der Waals surface area contributed by atoms with Crippen LogP contribution in [0.25, 0.3) is 11.4 Å². The molecule has 0 spiro atoms. The first-order valence-electron chi connectivity index (χ1n) is 6.75. The first kappa shape index (κ1) is 17.2. The molecule has 0 unspecified atom stereocenters. The minimum atomic E-state index is -0.635. The molecule has 0 aromatic carbocycles. The molecular weight excluding hydrogens is 316 g/mol. The number of carbonyl (C=O) groups is 2. The van der Waals surface area contributed by atoms with E-state index in [1.807, 2.05) is 5.43 Å². The molecule has 0 saturated carbocycles. The average molecular weight is 332 g/mol. The van der Waals surface area contributed by atoms with Crippen molar-refractivity contribution in [2.24, 2.45) is 5.84 Å². The fraction of sp³-hybridized carbons (Fsp3) is 0.200. The molecule has 2 rings (SSSR count). The maximum absolute atomic E-state index is 12.0. The van der Waals surface area contributed by atoms with Crippen LogP contribution in [0.3, 0.4) is 0 Å². The Kier molecular flexibility index (Phi) is 5.27. The molecule has 3 N–H and O–H groups in total. The Balaban J connectivity index is 2.77. The van der Waals surface area contributed by atoms with Gasteiger partial charge in [0, 0.05) is 12.1 Å². The quantitative estimate of drug-likeness (QED) is 0.352. The Morgan fingerprint density at radius 2 is 1.42 bits per heavy atom. The number of esters is 1. The summed E-state index contributed by atoms with van der Waals surface area (Å²) in [5.74, 6) is 4.45. The lowest BCUT2D eigenvalue weighted by Gasteiger charge is -2.12. The number of carbonyl (C=O) groups excluding carboxylic acids is 2.